The lowest BCUT2D eigenvalue weighted by Gasteiger charge is -2.30. The summed E-state index contributed by atoms with van der Waals surface area (Å²) in [5.74, 6) is 1.04. The molecule has 1 amide bonds. The number of benzene rings is 1. The Hall–Kier alpha value is -1.03. The number of nitrogens with zero attached hydrogens (tertiary/aromatic N) is 1. The zero-order chi connectivity index (χ0) is 14.5. The highest BCUT2D eigenvalue weighted by atomic mass is 79.9. The predicted molar refractivity (Wildman–Crippen MR) is 87.0 cm³/mol. The molecule has 1 heterocycles. The lowest BCUT2D eigenvalue weighted by molar-refractivity contribution is -0.132. The first kappa shape index (κ1) is 15.4. The minimum atomic E-state index is 0.276. The molecule has 0 spiro atoms. The summed E-state index contributed by atoms with van der Waals surface area (Å²) in [5, 5.41) is 3.32. The largest absolute Gasteiger partial charge is 0.385 e. The van der Waals surface area contributed by atoms with E-state index in [-0.39, 0.29) is 5.91 Å². The van der Waals surface area contributed by atoms with Crippen LogP contribution in [-0.2, 0) is 4.79 Å². The van der Waals surface area contributed by atoms with Crippen LogP contribution >= 0.6 is 15.9 Å². The number of hydrogen-bond acceptors (Lipinski definition) is 2. The van der Waals surface area contributed by atoms with Crippen LogP contribution in [0.4, 0.5) is 5.69 Å². The summed E-state index contributed by atoms with van der Waals surface area (Å²) in [6.07, 6.45) is 2.86. The van der Waals surface area contributed by atoms with Gasteiger partial charge in [-0.25, -0.2) is 0 Å². The predicted octanol–water partition coefficient (Wildman–Crippen LogP) is 3.82. The van der Waals surface area contributed by atoms with E-state index in [1.54, 1.807) is 0 Å². The van der Waals surface area contributed by atoms with Gasteiger partial charge in [-0.15, -0.1) is 0 Å². The molecular formula is C16H23BrN2O. The highest BCUT2D eigenvalue weighted by molar-refractivity contribution is 9.10. The quantitative estimate of drug-likeness (QED) is 0.905. The van der Waals surface area contributed by atoms with E-state index in [1.807, 2.05) is 17.0 Å². The first-order valence-corrected chi connectivity index (χ1v) is 8.13. The maximum Gasteiger partial charge on any atom is 0.224 e. The van der Waals surface area contributed by atoms with Crippen molar-refractivity contribution in [2.24, 2.45) is 5.92 Å². The molecule has 0 aliphatic carbocycles. The van der Waals surface area contributed by atoms with Gasteiger partial charge in [-0.3, -0.25) is 4.79 Å². The van der Waals surface area contributed by atoms with E-state index in [2.05, 4.69) is 41.2 Å². The van der Waals surface area contributed by atoms with Crippen molar-refractivity contribution in [2.45, 2.75) is 33.1 Å². The van der Waals surface area contributed by atoms with Gasteiger partial charge in [-0.2, -0.15) is 0 Å². The van der Waals surface area contributed by atoms with Crippen LogP contribution in [-0.4, -0.2) is 30.4 Å². The number of aryl methyl sites for hydroxylation is 1. The van der Waals surface area contributed by atoms with E-state index in [0.29, 0.717) is 13.0 Å². The normalized spacial score (nSPS) is 16.2. The second-order valence-corrected chi connectivity index (χ2v) is 6.56. The molecule has 1 saturated heterocycles. The number of amides is 1. The maximum atomic E-state index is 12.1. The van der Waals surface area contributed by atoms with Crippen molar-refractivity contribution >= 4 is 27.5 Å². The molecule has 1 aromatic rings. The average Bonchev–Trinajstić information content (AvgIpc) is 2.43. The van der Waals surface area contributed by atoms with Gasteiger partial charge < -0.3 is 10.2 Å². The smallest absolute Gasteiger partial charge is 0.224 e. The molecule has 1 aliphatic heterocycles. The molecule has 0 radical (unpaired) electrons. The Morgan fingerprint density at radius 3 is 2.75 bits per heavy atom. The van der Waals surface area contributed by atoms with Crippen molar-refractivity contribution in [3.63, 3.8) is 0 Å². The Kier molecular flexibility index (Phi) is 5.46. The van der Waals surface area contributed by atoms with Crippen molar-refractivity contribution < 1.29 is 4.79 Å². The van der Waals surface area contributed by atoms with Crippen molar-refractivity contribution in [3.8, 4) is 0 Å². The van der Waals surface area contributed by atoms with Crippen molar-refractivity contribution in [1.82, 2.24) is 4.90 Å². The van der Waals surface area contributed by atoms with Crippen LogP contribution in [0, 0.1) is 12.8 Å². The molecule has 0 saturated carbocycles. The Morgan fingerprint density at radius 1 is 1.40 bits per heavy atom. The monoisotopic (exact) mass is 338 g/mol. The number of halogens is 1. The summed E-state index contributed by atoms with van der Waals surface area (Å²) in [5.41, 5.74) is 2.28. The molecule has 0 aromatic heterocycles. The first-order chi connectivity index (χ1) is 9.56. The summed E-state index contributed by atoms with van der Waals surface area (Å²) < 4.78 is 1.11. The molecule has 1 N–H and O–H groups in total. The summed E-state index contributed by atoms with van der Waals surface area (Å²) in [6, 6.07) is 6.16. The van der Waals surface area contributed by atoms with Gasteiger partial charge in [0.05, 0.1) is 0 Å². The average molecular weight is 339 g/mol. The molecule has 1 fully saturated rings. The lowest BCUT2D eigenvalue weighted by atomic mass is 9.99. The van der Waals surface area contributed by atoms with Gasteiger partial charge >= 0.3 is 0 Å². The minimum absolute atomic E-state index is 0.276. The zero-order valence-electron chi connectivity index (χ0n) is 12.3. The van der Waals surface area contributed by atoms with Gasteiger partial charge in [-0.1, -0.05) is 22.9 Å². The SMILES string of the molecule is Cc1cc(NCCC(=O)N2CCC(C)CC2)ccc1Br. The second-order valence-electron chi connectivity index (χ2n) is 5.70. The van der Waals surface area contributed by atoms with E-state index < -0.39 is 0 Å². The highest BCUT2D eigenvalue weighted by Crippen LogP contribution is 2.20. The van der Waals surface area contributed by atoms with Gasteiger partial charge in [0.1, 0.15) is 0 Å². The third-order valence-electron chi connectivity index (χ3n) is 3.96. The molecule has 110 valence electrons. The molecular weight excluding hydrogens is 316 g/mol. The van der Waals surface area contributed by atoms with Crippen LogP contribution < -0.4 is 5.32 Å². The molecule has 1 aromatic carbocycles. The highest BCUT2D eigenvalue weighted by Gasteiger charge is 2.19. The Labute approximate surface area is 129 Å². The van der Waals surface area contributed by atoms with Crippen molar-refractivity contribution in [1.29, 1.82) is 0 Å². The van der Waals surface area contributed by atoms with Crippen LogP contribution in [0.5, 0.6) is 0 Å². The maximum absolute atomic E-state index is 12.1. The van der Waals surface area contributed by atoms with Gasteiger partial charge in [-0.05, 0) is 49.4 Å². The fraction of sp³-hybridized carbons (Fsp3) is 0.562. The molecule has 4 heteroatoms. The van der Waals surface area contributed by atoms with Gasteiger partial charge in [0, 0.05) is 36.2 Å². The van der Waals surface area contributed by atoms with E-state index in [9.17, 15) is 4.79 Å². The van der Waals surface area contributed by atoms with Gasteiger partial charge in [0.2, 0.25) is 5.91 Å². The molecule has 3 nitrogen and oxygen atoms in total. The third kappa shape index (κ3) is 4.23. The fourth-order valence-electron chi connectivity index (χ4n) is 2.48. The van der Waals surface area contributed by atoms with Crippen LogP contribution in [0.25, 0.3) is 0 Å². The third-order valence-corrected chi connectivity index (χ3v) is 4.85. The number of piperidine rings is 1. The van der Waals surface area contributed by atoms with Crippen LogP contribution in [0.1, 0.15) is 31.7 Å². The number of anilines is 1. The Bertz CT molecular complexity index is 468. The van der Waals surface area contributed by atoms with Crippen LogP contribution in [0.3, 0.4) is 0 Å². The number of hydrogen-bond donors (Lipinski definition) is 1. The van der Waals surface area contributed by atoms with Crippen molar-refractivity contribution in [2.75, 3.05) is 25.0 Å². The Morgan fingerprint density at radius 2 is 2.10 bits per heavy atom. The molecule has 0 unspecified atom stereocenters. The van der Waals surface area contributed by atoms with E-state index >= 15 is 0 Å². The summed E-state index contributed by atoms with van der Waals surface area (Å²) in [4.78, 5) is 14.1. The molecule has 20 heavy (non-hydrogen) atoms. The lowest BCUT2D eigenvalue weighted by Crippen LogP contribution is -2.38. The summed E-state index contributed by atoms with van der Waals surface area (Å²) >= 11 is 3.49. The number of nitrogens with one attached hydrogen (secondary N) is 1. The topological polar surface area (TPSA) is 32.3 Å². The van der Waals surface area contributed by atoms with E-state index in [0.717, 1.165) is 42.0 Å². The fourth-order valence-corrected chi connectivity index (χ4v) is 2.73. The molecule has 1 aliphatic rings. The van der Waals surface area contributed by atoms with E-state index in [4.69, 9.17) is 0 Å². The van der Waals surface area contributed by atoms with Gasteiger partial charge in [0.15, 0.2) is 0 Å². The molecule has 0 atom stereocenters. The standard InChI is InChI=1S/C16H23BrN2O/c1-12-6-9-19(10-7-12)16(20)5-8-18-14-3-4-15(17)13(2)11-14/h3-4,11-12,18H,5-10H2,1-2H3. The van der Waals surface area contributed by atoms with Crippen LogP contribution in [0.15, 0.2) is 22.7 Å². The molecule has 2 rings (SSSR count). The number of carbonyl (C=O) groups is 1. The molecule has 0 bridgehead atoms. The van der Waals surface area contributed by atoms with E-state index in [1.165, 1.54) is 5.56 Å². The number of likely N-dealkylation sites (tertiary alicyclic amines) is 1. The zero-order valence-corrected chi connectivity index (χ0v) is 13.9. The minimum Gasteiger partial charge on any atom is -0.385 e. The second kappa shape index (κ2) is 7.11. The summed E-state index contributed by atoms with van der Waals surface area (Å²) in [6.45, 7) is 6.88. The van der Waals surface area contributed by atoms with Crippen molar-refractivity contribution in [3.05, 3.63) is 28.2 Å². The first-order valence-electron chi connectivity index (χ1n) is 7.34. The summed E-state index contributed by atoms with van der Waals surface area (Å²) in [7, 11) is 0. The Balaban J connectivity index is 1.75. The number of rotatable bonds is 4. The van der Waals surface area contributed by atoms with Crippen LogP contribution in [0.2, 0.25) is 0 Å². The number of carbonyl (C=O) groups excluding carboxylic acids is 1. The van der Waals surface area contributed by atoms with Gasteiger partial charge in [0.25, 0.3) is 0 Å².